The summed E-state index contributed by atoms with van der Waals surface area (Å²) in [4.78, 5) is 0. The summed E-state index contributed by atoms with van der Waals surface area (Å²) in [5.41, 5.74) is 5.07. The summed E-state index contributed by atoms with van der Waals surface area (Å²) in [5, 5.41) is 26.9. The lowest BCUT2D eigenvalue weighted by atomic mass is 10.1. The fourth-order valence-corrected chi connectivity index (χ4v) is 3.94. The molecule has 3 aromatic carbocycles. The van der Waals surface area contributed by atoms with Gasteiger partial charge in [-0.25, -0.2) is 0 Å². The highest BCUT2D eigenvalue weighted by atomic mass is 16.6. The molecule has 1 saturated heterocycles. The molecule has 1 aliphatic rings. The standard InChI is InChI=1S/C19H24O4.C8H10O.C7H8O.C6H10O.2C2H6/c1-3-8-15(4-2)12-21-17-11-18(19(20)23-14-17)22-13-16-9-6-5-7-10-16;1-9-7-8-5-3-2-4-6-8;8-6-7-4-2-1-3-5-7;1-3-6(4-2)5-7;2*1-2/h3-10,17-20H,1-2,11-14H2;2-6H,7H2,1H3;1-5,8H,6H2;3-4,7H,1,5H2,2H3;2*1-2H3/b15-8+;;;6-4+;;/t17-,18+,19-;;;;;/m0...../s1. The molecule has 0 radical (unpaired) electrons. The van der Waals surface area contributed by atoms with Crippen LogP contribution in [0.1, 0.15) is 57.7 Å². The van der Waals surface area contributed by atoms with Gasteiger partial charge in [-0.3, -0.25) is 0 Å². The first-order valence-corrected chi connectivity index (χ1v) is 17.5. The molecule has 0 aromatic heterocycles. The van der Waals surface area contributed by atoms with Gasteiger partial charge in [-0.2, -0.15) is 0 Å². The van der Waals surface area contributed by atoms with E-state index in [0.717, 1.165) is 22.3 Å². The Morgan fingerprint density at radius 2 is 1.24 bits per heavy atom. The van der Waals surface area contributed by atoms with Crippen molar-refractivity contribution in [3.05, 3.63) is 169 Å². The van der Waals surface area contributed by atoms with Crippen LogP contribution in [-0.4, -0.2) is 60.7 Å². The van der Waals surface area contributed by atoms with Crippen molar-refractivity contribution in [1.29, 1.82) is 0 Å². The van der Waals surface area contributed by atoms with E-state index in [9.17, 15) is 5.11 Å². The lowest BCUT2D eigenvalue weighted by molar-refractivity contribution is -0.234. The molecule has 1 aliphatic heterocycles. The third-order valence-electron chi connectivity index (χ3n) is 6.65. The predicted molar refractivity (Wildman–Crippen MR) is 213 cm³/mol. The molecule has 1 heterocycles. The Morgan fingerprint density at radius 3 is 1.61 bits per heavy atom. The smallest absolute Gasteiger partial charge is 0.181 e. The van der Waals surface area contributed by atoms with E-state index in [1.807, 2.05) is 138 Å². The van der Waals surface area contributed by atoms with Gasteiger partial charge in [-0.05, 0) is 34.8 Å². The van der Waals surface area contributed by atoms with Crippen molar-refractivity contribution in [3.63, 3.8) is 0 Å². The molecule has 3 N–H and O–H groups in total. The monoisotopic (exact) mass is 704 g/mol. The van der Waals surface area contributed by atoms with Crippen LogP contribution in [0.4, 0.5) is 0 Å². The SMILES string of the molecule is C=C/C(=C\C)CO.C=C/C=C(\C=C)CO[C@@H]1CO[C@H](O)[C@H](OCc2ccccc2)C1.CC.CC.COCc1ccccc1.OCc1ccccc1. The van der Waals surface area contributed by atoms with E-state index in [0.29, 0.717) is 32.8 Å². The number of methoxy groups -OCH3 is 1. The van der Waals surface area contributed by atoms with Crippen molar-refractivity contribution in [1.82, 2.24) is 0 Å². The zero-order valence-electron chi connectivity index (χ0n) is 31.8. The molecule has 3 atom stereocenters. The Morgan fingerprint density at radius 1 is 0.745 bits per heavy atom. The van der Waals surface area contributed by atoms with Gasteiger partial charge in [0.05, 0.1) is 45.7 Å². The van der Waals surface area contributed by atoms with Crippen molar-refractivity contribution < 1.29 is 34.3 Å². The topological polar surface area (TPSA) is 97.6 Å². The third kappa shape index (κ3) is 25.7. The largest absolute Gasteiger partial charge is 0.392 e. The average Bonchev–Trinajstić information content (AvgIpc) is 3.20. The molecule has 0 unspecified atom stereocenters. The third-order valence-corrected chi connectivity index (χ3v) is 6.65. The zero-order chi connectivity index (χ0) is 38.5. The summed E-state index contributed by atoms with van der Waals surface area (Å²) in [6.45, 7) is 22.9. The Bertz CT molecular complexity index is 1270. The minimum absolute atomic E-state index is 0.0972. The second-order valence-corrected chi connectivity index (χ2v) is 10.2. The molecule has 7 heteroatoms. The number of ether oxygens (including phenoxy) is 4. The van der Waals surface area contributed by atoms with E-state index >= 15 is 0 Å². The van der Waals surface area contributed by atoms with E-state index in [4.69, 9.17) is 29.2 Å². The molecule has 0 saturated carbocycles. The summed E-state index contributed by atoms with van der Waals surface area (Å²) < 4.78 is 21.9. The van der Waals surface area contributed by atoms with Gasteiger partial charge in [0.15, 0.2) is 6.29 Å². The lowest BCUT2D eigenvalue weighted by Crippen LogP contribution is -2.43. The van der Waals surface area contributed by atoms with Crippen LogP contribution in [0.3, 0.4) is 0 Å². The number of rotatable bonds is 13. The van der Waals surface area contributed by atoms with E-state index in [1.165, 1.54) is 5.56 Å². The van der Waals surface area contributed by atoms with Gasteiger partial charge in [0, 0.05) is 13.5 Å². The molecular formula is C44H64O7. The first-order chi connectivity index (χ1) is 24.9. The van der Waals surface area contributed by atoms with Crippen molar-refractivity contribution in [2.45, 2.75) is 79.4 Å². The molecule has 0 aliphatic carbocycles. The van der Waals surface area contributed by atoms with Gasteiger partial charge in [-0.15, -0.1) is 0 Å². The summed E-state index contributed by atoms with van der Waals surface area (Å²) in [7, 11) is 1.70. The number of hydrogen-bond donors (Lipinski definition) is 3. The summed E-state index contributed by atoms with van der Waals surface area (Å²) in [6, 6.07) is 29.5. The maximum atomic E-state index is 9.93. The van der Waals surface area contributed by atoms with Crippen molar-refractivity contribution >= 4 is 0 Å². The Hall–Kier alpha value is -3.92. The first-order valence-electron chi connectivity index (χ1n) is 17.5. The Kier molecular flexibility index (Phi) is 34.6. The molecule has 4 rings (SSSR count). The number of aliphatic hydroxyl groups excluding tert-OH is 3. The highest BCUT2D eigenvalue weighted by Gasteiger charge is 2.31. The molecule has 3 aromatic rings. The maximum Gasteiger partial charge on any atom is 0.181 e. The molecule has 0 amide bonds. The second-order valence-electron chi connectivity index (χ2n) is 10.2. The van der Waals surface area contributed by atoms with Gasteiger partial charge in [-0.1, -0.05) is 169 Å². The van der Waals surface area contributed by atoms with E-state index in [2.05, 4.69) is 19.7 Å². The van der Waals surface area contributed by atoms with E-state index in [1.54, 1.807) is 25.3 Å². The molecule has 0 spiro atoms. The fraction of sp³-hybridized carbons (Fsp3) is 0.364. The van der Waals surface area contributed by atoms with Crippen LogP contribution in [0.15, 0.2) is 152 Å². The van der Waals surface area contributed by atoms with E-state index in [-0.39, 0.29) is 19.3 Å². The van der Waals surface area contributed by atoms with Crippen molar-refractivity contribution in [2.24, 2.45) is 0 Å². The zero-order valence-corrected chi connectivity index (χ0v) is 31.8. The molecule has 51 heavy (non-hydrogen) atoms. The van der Waals surface area contributed by atoms with Gasteiger partial charge >= 0.3 is 0 Å². The lowest BCUT2D eigenvalue weighted by Gasteiger charge is -2.33. The van der Waals surface area contributed by atoms with Crippen LogP contribution in [0.5, 0.6) is 0 Å². The highest BCUT2D eigenvalue weighted by molar-refractivity contribution is 5.21. The molecule has 282 valence electrons. The van der Waals surface area contributed by atoms with Crippen LogP contribution in [0.2, 0.25) is 0 Å². The summed E-state index contributed by atoms with van der Waals surface area (Å²) in [6.07, 6.45) is 7.92. The minimum Gasteiger partial charge on any atom is -0.392 e. The van der Waals surface area contributed by atoms with Crippen LogP contribution >= 0.6 is 0 Å². The van der Waals surface area contributed by atoms with Gasteiger partial charge in [0.1, 0.15) is 6.10 Å². The number of benzene rings is 3. The quantitative estimate of drug-likeness (QED) is 0.153. The van der Waals surface area contributed by atoms with Crippen molar-refractivity contribution in [3.8, 4) is 0 Å². The molecular weight excluding hydrogens is 640 g/mol. The van der Waals surface area contributed by atoms with Crippen LogP contribution in [-0.2, 0) is 38.8 Å². The normalized spacial score (nSPS) is 16.2. The molecule has 0 bridgehead atoms. The van der Waals surface area contributed by atoms with Crippen molar-refractivity contribution in [2.75, 3.05) is 26.9 Å². The summed E-state index contributed by atoms with van der Waals surface area (Å²) >= 11 is 0. The van der Waals surface area contributed by atoms with Crippen LogP contribution in [0, 0.1) is 0 Å². The van der Waals surface area contributed by atoms with Gasteiger partial charge in [0.2, 0.25) is 0 Å². The molecule has 1 fully saturated rings. The highest BCUT2D eigenvalue weighted by Crippen LogP contribution is 2.20. The first kappa shape index (κ1) is 49.2. The number of aliphatic hydroxyl groups is 3. The number of allylic oxidation sites excluding steroid dienone is 3. The summed E-state index contributed by atoms with van der Waals surface area (Å²) in [5.74, 6) is 0. The Labute approximate surface area is 308 Å². The minimum atomic E-state index is -0.916. The fourth-order valence-electron chi connectivity index (χ4n) is 3.94. The molecule has 7 nitrogen and oxygen atoms in total. The second kappa shape index (κ2) is 35.9. The van der Waals surface area contributed by atoms with Gasteiger partial charge in [0.25, 0.3) is 0 Å². The van der Waals surface area contributed by atoms with Crippen LogP contribution in [0.25, 0.3) is 0 Å². The van der Waals surface area contributed by atoms with E-state index < -0.39 is 12.4 Å². The average molecular weight is 705 g/mol. The van der Waals surface area contributed by atoms with Crippen LogP contribution < -0.4 is 0 Å². The maximum absolute atomic E-state index is 9.93. The number of hydrogen-bond acceptors (Lipinski definition) is 7. The Balaban J connectivity index is 0. The van der Waals surface area contributed by atoms with Gasteiger partial charge < -0.3 is 34.3 Å². The predicted octanol–water partition coefficient (Wildman–Crippen LogP) is 9.17.